The van der Waals surface area contributed by atoms with Gasteiger partial charge in [-0.15, -0.1) is 0 Å². The summed E-state index contributed by atoms with van der Waals surface area (Å²) < 4.78 is 5.56. The van der Waals surface area contributed by atoms with Crippen LogP contribution in [-0.2, 0) is 4.74 Å². The molecule has 0 saturated heterocycles. The van der Waals surface area contributed by atoms with Crippen molar-refractivity contribution in [3.63, 3.8) is 0 Å². The second-order valence-corrected chi connectivity index (χ2v) is 8.52. The number of aromatic nitrogens is 2. The van der Waals surface area contributed by atoms with E-state index in [2.05, 4.69) is 63.0 Å². The third-order valence-electron chi connectivity index (χ3n) is 5.53. The monoisotopic (exact) mass is 486 g/mol. The van der Waals surface area contributed by atoms with E-state index < -0.39 is 0 Å². The molecule has 0 fully saturated rings. The van der Waals surface area contributed by atoms with Gasteiger partial charge in [0, 0.05) is 11.1 Å². The van der Waals surface area contributed by atoms with Crippen LogP contribution in [0.5, 0.6) is 0 Å². The van der Waals surface area contributed by atoms with E-state index in [0.717, 1.165) is 29.2 Å². The fraction of sp³-hybridized carbons (Fsp3) is 0.500. The largest absolute Gasteiger partial charge is 0.496 e. The first kappa shape index (κ1) is 31.4. The van der Waals surface area contributed by atoms with E-state index in [9.17, 15) is 0 Å². The van der Waals surface area contributed by atoms with Gasteiger partial charge in [-0.25, -0.2) is 9.97 Å². The lowest BCUT2D eigenvalue weighted by Gasteiger charge is -2.18. The number of rotatable bonds is 9. The molecule has 0 aromatic carbocycles. The summed E-state index contributed by atoms with van der Waals surface area (Å²) in [4.78, 5) is 7.96. The average molecular weight is 487 g/mol. The van der Waals surface area contributed by atoms with Crippen molar-refractivity contribution in [3.8, 4) is 11.8 Å². The number of nitrogens with zero attached hydrogens (tertiary/aromatic N) is 2. The van der Waals surface area contributed by atoms with Gasteiger partial charge in [-0.2, -0.15) is 0 Å². The van der Waals surface area contributed by atoms with Gasteiger partial charge in [0.15, 0.2) is 0 Å². The summed E-state index contributed by atoms with van der Waals surface area (Å²) >= 11 is 6.02. The number of aryl methyl sites for hydroxylation is 1. The van der Waals surface area contributed by atoms with Gasteiger partial charge in [-0.1, -0.05) is 81.4 Å². The molecule has 0 radical (unpaired) electrons. The number of halogens is 1. The molecule has 0 amide bonds. The molecule has 188 valence electrons. The van der Waals surface area contributed by atoms with Crippen molar-refractivity contribution >= 4 is 23.1 Å². The molecule has 1 aromatic heterocycles. The van der Waals surface area contributed by atoms with Crippen LogP contribution in [0.1, 0.15) is 78.5 Å². The highest BCUT2D eigenvalue weighted by Gasteiger charge is 2.13. The lowest BCUT2D eigenvalue weighted by molar-refractivity contribution is 0.296. The highest BCUT2D eigenvalue weighted by atomic mass is 35.5. The Balaban J connectivity index is 0.000000644. The Morgan fingerprint density at radius 2 is 1.91 bits per heavy atom. The average Bonchev–Trinajstić information content (AvgIpc) is 2.80. The predicted molar refractivity (Wildman–Crippen MR) is 148 cm³/mol. The molecule has 0 bridgehead atoms. The molecular weight excluding hydrogens is 444 g/mol. The van der Waals surface area contributed by atoms with E-state index in [1.54, 1.807) is 7.11 Å². The molecule has 1 heterocycles. The molecule has 6 heteroatoms. The van der Waals surface area contributed by atoms with Crippen molar-refractivity contribution in [3.05, 3.63) is 57.6 Å². The number of anilines is 1. The second-order valence-electron chi connectivity index (χ2n) is 8.16. The molecule has 0 aliphatic carbocycles. The molecule has 1 atom stereocenters. The highest BCUT2D eigenvalue weighted by Crippen LogP contribution is 2.28. The van der Waals surface area contributed by atoms with Gasteiger partial charge in [0.1, 0.15) is 10.9 Å². The van der Waals surface area contributed by atoms with Crippen molar-refractivity contribution in [2.24, 2.45) is 11.7 Å². The van der Waals surface area contributed by atoms with Crippen LogP contribution in [0.15, 0.2) is 41.2 Å². The third kappa shape index (κ3) is 10.2. The van der Waals surface area contributed by atoms with Crippen LogP contribution in [-0.4, -0.2) is 23.6 Å². The van der Waals surface area contributed by atoms with Crippen LogP contribution in [0, 0.1) is 24.7 Å². The molecule has 1 aromatic rings. The number of hydrogen-bond acceptors (Lipinski definition) is 5. The van der Waals surface area contributed by atoms with E-state index in [1.807, 2.05) is 26.0 Å². The highest BCUT2D eigenvalue weighted by molar-refractivity contribution is 6.31. The first-order valence-electron chi connectivity index (χ1n) is 11.8. The van der Waals surface area contributed by atoms with Crippen molar-refractivity contribution in [1.82, 2.24) is 9.97 Å². The molecule has 1 rings (SSSR count). The van der Waals surface area contributed by atoms with E-state index in [4.69, 9.17) is 27.8 Å². The molecule has 1 unspecified atom stereocenters. The summed E-state index contributed by atoms with van der Waals surface area (Å²) in [5.74, 6) is 7.60. The smallest absolute Gasteiger partial charge is 0.221 e. The minimum Gasteiger partial charge on any atom is -0.496 e. The van der Waals surface area contributed by atoms with Gasteiger partial charge in [0.25, 0.3) is 0 Å². The minimum atomic E-state index is 0.161. The maximum Gasteiger partial charge on any atom is 0.221 e. The lowest BCUT2D eigenvalue weighted by Crippen LogP contribution is -2.02. The maximum atomic E-state index is 6.02. The fourth-order valence-corrected chi connectivity index (χ4v) is 3.79. The zero-order valence-electron chi connectivity index (χ0n) is 22.3. The van der Waals surface area contributed by atoms with Crippen molar-refractivity contribution in [1.29, 1.82) is 0 Å². The lowest BCUT2D eigenvalue weighted by atomic mass is 9.91. The zero-order chi connectivity index (χ0) is 26.3. The molecule has 0 aliphatic heterocycles. The molecule has 5 nitrogen and oxygen atoms in total. The van der Waals surface area contributed by atoms with Crippen LogP contribution in [0.25, 0.3) is 5.57 Å². The van der Waals surface area contributed by atoms with Crippen molar-refractivity contribution < 1.29 is 4.74 Å². The number of nitrogens with two attached hydrogens (primary N) is 2. The number of methoxy groups -OCH3 is 1. The van der Waals surface area contributed by atoms with E-state index in [1.165, 1.54) is 30.4 Å². The number of hydrogen-bond donors (Lipinski definition) is 2. The Morgan fingerprint density at radius 3 is 2.35 bits per heavy atom. The maximum absolute atomic E-state index is 6.02. The van der Waals surface area contributed by atoms with Crippen LogP contribution in [0.4, 0.5) is 5.95 Å². The number of allylic oxidation sites excluding steroid dienone is 6. The molecule has 4 N–H and O–H groups in total. The van der Waals surface area contributed by atoms with E-state index >= 15 is 0 Å². The van der Waals surface area contributed by atoms with Crippen LogP contribution in [0.2, 0.25) is 5.15 Å². The molecule has 0 aliphatic rings. The van der Waals surface area contributed by atoms with Crippen LogP contribution < -0.4 is 11.5 Å². The fourth-order valence-electron chi connectivity index (χ4n) is 3.46. The zero-order valence-corrected chi connectivity index (χ0v) is 23.1. The van der Waals surface area contributed by atoms with Gasteiger partial charge >= 0.3 is 0 Å². The summed E-state index contributed by atoms with van der Waals surface area (Å²) in [6.07, 6.45) is 8.46. The first-order valence-corrected chi connectivity index (χ1v) is 12.2. The van der Waals surface area contributed by atoms with Gasteiger partial charge in [0.05, 0.1) is 19.3 Å². The van der Waals surface area contributed by atoms with Gasteiger partial charge in [-0.3, -0.25) is 0 Å². The Labute approximate surface area is 212 Å². The standard InChI is InChI=1S/C17H30O.C11H13ClN4/c1-8-11-16(12-13(4)9-2)15(6)17(18-7)14(5)10-3;1-3-8(5-4-6-13)9-7(2)15-11(14)16-10(9)12/h10,13H,3,8-9,11-12H2,1-2,4-7H3;3H,6,13H2,1-2H3,(H2,14,15,16)/b16-15+,17-14+;8-3-. The molecule has 0 saturated carbocycles. The molecule has 34 heavy (non-hydrogen) atoms. The summed E-state index contributed by atoms with van der Waals surface area (Å²) in [5.41, 5.74) is 16.9. The third-order valence-corrected chi connectivity index (χ3v) is 5.80. The molecular formula is C28H43ClN4O. The Kier molecular flexibility index (Phi) is 15.7. The summed E-state index contributed by atoms with van der Waals surface area (Å²) in [5, 5.41) is 0.310. The minimum absolute atomic E-state index is 0.161. The quantitative estimate of drug-likeness (QED) is 0.169. The Hall–Kier alpha value is -2.55. The summed E-state index contributed by atoms with van der Waals surface area (Å²) in [6.45, 7) is 18.9. The Morgan fingerprint density at radius 1 is 1.26 bits per heavy atom. The number of nitrogen functional groups attached to an aromatic ring is 1. The van der Waals surface area contributed by atoms with Gasteiger partial charge in [0.2, 0.25) is 5.95 Å². The predicted octanol–water partition coefficient (Wildman–Crippen LogP) is 7.03. The topological polar surface area (TPSA) is 87.0 Å². The molecule has 0 spiro atoms. The van der Waals surface area contributed by atoms with Crippen molar-refractivity contribution in [2.75, 3.05) is 19.4 Å². The van der Waals surface area contributed by atoms with Gasteiger partial charge in [-0.05, 0) is 57.6 Å². The van der Waals surface area contributed by atoms with E-state index in [0.29, 0.717) is 23.0 Å². The van der Waals surface area contributed by atoms with E-state index in [-0.39, 0.29) is 5.95 Å². The Bertz CT molecular complexity index is 941. The normalized spacial score (nSPS) is 13.4. The van der Waals surface area contributed by atoms with Gasteiger partial charge < -0.3 is 16.2 Å². The first-order chi connectivity index (χ1) is 16.1. The second kappa shape index (κ2) is 17.0. The van der Waals surface area contributed by atoms with Crippen LogP contribution >= 0.6 is 11.6 Å². The van der Waals surface area contributed by atoms with Crippen LogP contribution in [0.3, 0.4) is 0 Å². The summed E-state index contributed by atoms with van der Waals surface area (Å²) in [6, 6.07) is 0. The number of ether oxygens (including phenoxy) is 1. The SMILES string of the molecule is C/C=C(/C#CCN)c1c(C)nc(N)nc1Cl.C=C/C(C)=C(OC)\C(C)=C(/CCC)CC(C)CC. The summed E-state index contributed by atoms with van der Waals surface area (Å²) in [7, 11) is 1.75. The van der Waals surface area contributed by atoms with Crippen molar-refractivity contribution in [2.45, 2.75) is 74.1 Å².